The molecule has 2 aromatic carbocycles. The summed E-state index contributed by atoms with van der Waals surface area (Å²) in [5.41, 5.74) is 3.12. The number of halogens is 1. The zero-order valence-electron chi connectivity index (χ0n) is 21.9. The van der Waals surface area contributed by atoms with Gasteiger partial charge in [-0.3, -0.25) is 0 Å². The molecule has 10 heteroatoms. The van der Waals surface area contributed by atoms with Gasteiger partial charge >= 0.3 is 0 Å². The van der Waals surface area contributed by atoms with Gasteiger partial charge in [0, 0.05) is 51.0 Å². The molecule has 0 amide bonds. The Morgan fingerprint density at radius 3 is 2.22 bits per heavy atom. The third kappa shape index (κ3) is 6.33. The van der Waals surface area contributed by atoms with Crippen LogP contribution in [0.4, 0.5) is 5.69 Å². The van der Waals surface area contributed by atoms with Crippen molar-refractivity contribution in [2.24, 2.45) is 5.92 Å². The summed E-state index contributed by atoms with van der Waals surface area (Å²) in [6.45, 7) is 3.47. The molecule has 1 aliphatic heterocycles. The number of fused-ring (bicyclic) bond motifs is 1. The lowest BCUT2D eigenvalue weighted by Crippen LogP contribution is -2.45. The Bertz CT molecular complexity index is 1300. The second-order valence-electron chi connectivity index (χ2n) is 10.4. The zero-order valence-corrected chi connectivity index (χ0v) is 24.3. The van der Waals surface area contributed by atoms with E-state index in [9.17, 15) is 16.8 Å². The summed E-state index contributed by atoms with van der Waals surface area (Å²) in [5.74, 6) is -0.0848. The monoisotopic (exact) mass is 567 g/mol. The van der Waals surface area contributed by atoms with Crippen LogP contribution >= 0.6 is 11.6 Å². The second kappa shape index (κ2) is 11.6. The lowest BCUT2D eigenvalue weighted by Gasteiger charge is -2.33. The maximum atomic E-state index is 13.8. The highest BCUT2D eigenvalue weighted by molar-refractivity contribution is 7.89. The molecule has 0 spiro atoms. The number of anilines is 1. The van der Waals surface area contributed by atoms with Crippen LogP contribution in [0.3, 0.4) is 0 Å². The summed E-state index contributed by atoms with van der Waals surface area (Å²) in [6, 6.07) is 12.6. The van der Waals surface area contributed by atoms with E-state index >= 15 is 0 Å². The third-order valence-electron chi connectivity index (χ3n) is 7.69. The van der Waals surface area contributed by atoms with Crippen molar-refractivity contribution in [3.63, 3.8) is 0 Å². The Morgan fingerprint density at radius 1 is 0.919 bits per heavy atom. The molecule has 0 bridgehead atoms. The fourth-order valence-corrected chi connectivity index (χ4v) is 9.10. The fourth-order valence-electron chi connectivity index (χ4n) is 5.32. The first kappa shape index (κ1) is 28.4. The van der Waals surface area contributed by atoms with Gasteiger partial charge in [0.15, 0.2) is 0 Å². The van der Waals surface area contributed by atoms with Crippen molar-refractivity contribution in [2.45, 2.75) is 55.6 Å². The van der Waals surface area contributed by atoms with E-state index in [1.54, 1.807) is 20.7 Å². The van der Waals surface area contributed by atoms with Crippen LogP contribution in [0, 0.1) is 5.92 Å². The molecule has 2 aliphatic rings. The van der Waals surface area contributed by atoms with Crippen molar-refractivity contribution in [2.75, 3.05) is 45.2 Å². The molecule has 1 saturated heterocycles. The van der Waals surface area contributed by atoms with Crippen LogP contribution in [-0.4, -0.2) is 71.0 Å². The van der Waals surface area contributed by atoms with Crippen molar-refractivity contribution in [3.8, 4) is 0 Å². The summed E-state index contributed by atoms with van der Waals surface area (Å²) < 4.78 is 57.9. The summed E-state index contributed by atoms with van der Waals surface area (Å²) >= 11 is 6.13. The zero-order chi connectivity index (χ0) is 26.8. The van der Waals surface area contributed by atoms with Crippen LogP contribution in [0.2, 0.25) is 5.02 Å². The maximum absolute atomic E-state index is 13.8. The van der Waals surface area contributed by atoms with Gasteiger partial charge in [-0.1, -0.05) is 31.0 Å². The minimum atomic E-state index is -3.68. The maximum Gasteiger partial charge on any atom is 0.243 e. The Balaban J connectivity index is 1.52. The quantitative estimate of drug-likeness (QED) is 0.517. The minimum absolute atomic E-state index is 0.0848. The first-order valence-corrected chi connectivity index (χ1v) is 16.4. The number of nitrogens with zero attached hydrogens (tertiary/aromatic N) is 3. The van der Waals surface area contributed by atoms with Crippen molar-refractivity contribution in [1.82, 2.24) is 8.61 Å². The number of hydrogen-bond acceptors (Lipinski definition) is 5. The number of aryl methyl sites for hydroxylation is 1. The van der Waals surface area contributed by atoms with Gasteiger partial charge in [-0.2, -0.15) is 4.31 Å². The second-order valence-corrected chi connectivity index (χ2v) is 15.0. The molecule has 1 fully saturated rings. The van der Waals surface area contributed by atoms with Gasteiger partial charge in [0.05, 0.1) is 10.1 Å². The predicted octanol–water partition coefficient (Wildman–Crippen LogP) is 4.41. The average Bonchev–Trinajstić information content (AvgIpc) is 2.99. The third-order valence-corrected chi connectivity index (χ3v) is 12.1. The van der Waals surface area contributed by atoms with Crippen LogP contribution in [-0.2, 0) is 32.9 Å². The standard InChI is InChI=1S/C27H38ClN3O4S2/c1-4-21-19-30(36(32,33)26-13-10-25(11-14-26)29(2)3)15-5-6-16-31(20-21)37(34,35)27-12-8-22-17-24(28)9-7-23(22)18-27/h7,9-11,13-14,17,21,27H,4-6,8,12,15-16,18-20H2,1-3H3/t21-,27?/m0/s1. The number of sulfonamides is 2. The van der Waals surface area contributed by atoms with Crippen molar-refractivity contribution >= 4 is 37.3 Å². The normalized spacial score (nSPS) is 22.5. The molecule has 1 unspecified atom stereocenters. The molecule has 0 N–H and O–H groups in total. The van der Waals surface area contributed by atoms with E-state index in [1.807, 2.05) is 56.3 Å². The summed E-state index contributed by atoms with van der Waals surface area (Å²) in [5, 5.41) is 0.216. The molecule has 37 heavy (non-hydrogen) atoms. The lowest BCUT2D eigenvalue weighted by molar-refractivity contribution is 0.297. The van der Waals surface area contributed by atoms with E-state index in [1.165, 1.54) is 0 Å². The molecule has 1 aliphatic carbocycles. The number of hydrogen-bond donors (Lipinski definition) is 0. The Morgan fingerprint density at radius 2 is 1.57 bits per heavy atom. The smallest absolute Gasteiger partial charge is 0.243 e. The van der Waals surface area contributed by atoms with E-state index in [4.69, 9.17) is 11.6 Å². The van der Waals surface area contributed by atoms with E-state index in [0.29, 0.717) is 69.7 Å². The van der Waals surface area contributed by atoms with Gasteiger partial charge in [0.1, 0.15) is 0 Å². The molecule has 204 valence electrons. The van der Waals surface area contributed by atoms with Gasteiger partial charge in [-0.25, -0.2) is 21.1 Å². The lowest BCUT2D eigenvalue weighted by atomic mass is 9.91. The molecule has 2 aromatic rings. The van der Waals surface area contributed by atoms with Crippen LogP contribution in [0.1, 0.15) is 43.7 Å². The largest absolute Gasteiger partial charge is 0.378 e. The Labute approximate surface area is 227 Å². The topological polar surface area (TPSA) is 78.0 Å². The van der Waals surface area contributed by atoms with E-state index in [2.05, 4.69) is 0 Å². The summed E-state index contributed by atoms with van der Waals surface area (Å²) in [7, 11) is -3.37. The Kier molecular flexibility index (Phi) is 8.90. The molecule has 1 heterocycles. The van der Waals surface area contributed by atoms with E-state index in [0.717, 1.165) is 16.8 Å². The van der Waals surface area contributed by atoms with Crippen molar-refractivity contribution < 1.29 is 16.8 Å². The van der Waals surface area contributed by atoms with Gasteiger partial charge in [-0.15, -0.1) is 0 Å². The highest BCUT2D eigenvalue weighted by Crippen LogP contribution is 2.31. The fraction of sp³-hybridized carbons (Fsp3) is 0.556. The summed E-state index contributed by atoms with van der Waals surface area (Å²) in [6.07, 6.45) is 3.70. The molecule has 0 aromatic heterocycles. The van der Waals surface area contributed by atoms with Crippen LogP contribution in [0.25, 0.3) is 0 Å². The molecular weight excluding hydrogens is 530 g/mol. The van der Waals surface area contributed by atoms with Crippen LogP contribution < -0.4 is 4.90 Å². The Hall–Kier alpha value is -1.65. The van der Waals surface area contributed by atoms with Gasteiger partial charge < -0.3 is 4.90 Å². The molecule has 4 rings (SSSR count). The molecule has 7 nitrogen and oxygen atoms in total. The van der Waals surface area contributed by atoms with E-state index < -0.39 is 25.3 Å². The highest BCUT2D eigenvalue weighted by atomic mass is 35.5. The first-order chi connectivity index (χ1) is 17.5. The van der Waals surface area contributed by atoms with Crippen molar-refractivity contribution in [1.29, 1.82) is 0 Å². The minimum Gasteiger partial charge on any atom is -0.378 e. The summed E-state index contributed by atoms with van der Waals surface area (Å²) in [4.78, 5) is 2.21. The van der Waals surface area contributed by atoms with Gasteiger partial charge in [-0.05, 0) is 85.5 Å². The number of rotatable bonds is 6. The highest BCUT2D eigenvalue weighted by Gasteiger charge is 2.37. The predicted molar refractivity (Wildman–Crippen MR) is 150 cm³/mol. The molecular formula is C27H38ClN3O4S2. The van der Waals surface area contributed by atoms with Crippen molar-refractivity contribution in [3.05, 3.63) is 58.6 Å². The van der Waals surface area contributed by atoms with E-state index in [-0.39, 0.29) is 10.8 Å². The first-order valence-electron chi connectivity index (χ1n) is 13.1. The average molecular weight is 568 g/mol. The van der Waals surface area contributed by atoms with Gasteiger partial charge in [0.25, 0.3) is 0 Å². The number of benzene rings is 2. The molecule has 2 atom stereocenters. The van der Waals surface area contributed by atoms with Gasteiger partial charge in [0.2, 0.25) is 20.0 Å². The SMILES string of the molecule is CC[C@H]1CN(S(=O)(=O)c2ccc(N(C)C)cc2)CCCCN(S(=O)(=O)C2CCc3cc(Cl)ccc3C2)C1. The van der Waals surface area contributed by atoms with Crippen LogP contribution in [0.5, 0.6) is 0 Å². The molecule has 0 saturated carbocycles. The molecule has 0 radical (unpaired) electrons. The van der Waals surface area contributed by atoms with Crippen LogP contribution in [0.15, 0.2) is 47.4 Å².